The van der Waals surface area contributed by atoms with Crippen LogP contribution >= 0.6 is 0 Å². The number of hydrogen-bond acceptors (Lipinski definition) is 1. The van der Waals surface area contributed by atoms with Crippen LogP contribution in [0.3, 0.4) is 0 Å². The second-order valence-corrected chi connectivity index (χ2v) is 1.57. The summed E-state index contributed by atoms with van der Waals surface area (Å²) in [5.41, 5.74) is 0. The first kappa shape index (κ1) is 5.75. The fourth-order valence-corrected chi connectivity index (χ4v) is 0.472. The van der Waals surface area contributed by atoms with Crippen LogP contribution < -0.4 is 0 Å². The molecule has 0 aromatic carbocycles. The van der Waals surface area contributed by atoms with Gasteiger partial charge in [-0.2, -0.15) is 0 Å². The third kappa shape index (κ3) is 1.90. The molecule has 0 unspecified atom stereocenters. The van der Waals surface area contributed by atoms with E-state index in [-0.39, 0.29) is 5.88 Å². The summed E-state index contributed by atoms with van der Waals surface area (Å²) in [6.45, 7) is 0. The van der Waals surface area contributed by atoms with E-state index >= 15 is 0 Å². The van der Waals surface area contributed by atoms with Crippen molar-refractivity contribution in [3.63, 3.8) is 0 Å². The molecule has 3 nitrogen and oxygen atoms in total. The maximum Gasteiger partial charge on any atom is 0.203 e. The highest BCUT2D eigenvalue weighted by atomic mass is 16.3. The second kappa shape index (κ2) is 2.81. The summed E-state index contributed by atoms with van der Waals surface area (Å²) in [6, 6.07) is 6.91. The molecular formula is C6H8N2O. The molecule has 0 saturated carbocycles. The van der Waals surface area contributed by atoms with Crippen LogP contribution in [-0.4, -0.2) is 15.3 Å². The predicted octanol–water partition coefficient (Wildman–Crippen LogP) is 1.17. The number of aromatic hydroxyl groups is 1. The van der Waals surface area contributed by atoms with Gasteiger partial charge < -0.3 is 10.2 Å². The van der Waals surface area contributed by atoms with Crippen molar-refractivity contribution in [1.29, 1.82) is 0 Å². The number of H-pyrrole nitrogens is 2. The Hall–Kier alpha value is -1.38. The van der Waals surface area contributed by atoms with Crippen molar-refractivity contribution in [2.24, 2.45) is 0 Å². The first-order valence-electron chi connectivity index (χ1n) is 2.63. The minimum absolute atomic E-state index is 0.107. The van der Waals surface area contributed by atoms with Crippen LogP contribution in [-0.2, 0) is 0 Å². The third-order valence-corrected chi connectivity index (χ3v) is 0.856. The zero-order chi connectivity index (χ0) is 6.53. The molecule has 1 aromatic heterocycles. The van der Waals surface area contributed by atoms with Crippen LogP contribution in [0.5, 0.6) is 5.88 Å². The Bertz CT molecular complexity index is 193. The number of nitrogens with one attached hydrogen (secondary N) is 2. The first-order valence-corrected chi connectivity index (χ1v) is 2.63. The van der Waals surface area contributed by atoms with E-state index in [0.29, 0.717) is 0 Å². The normalized spacial score (nSPS) is 8.44. The van der Waals surface area contributed by atoms with E-state index in [1.54, 1.807) is 18.3 Å². The average molecular weight is 124 g/mol. The van der Waals surface area contributed by atoms with E-state index < -0.39 is 0 Å². The Morgan fingerprint density at radius 3 is 3.00 bits per heavy atom. The molecular weight excluding hydrogens is 116 g/mol. The molecule has 0 amide bonds. The molecule has 0 radical (unpaired) electrons. The minimum atomic E-state index is 0.107. The van der Waals surface area contributed by atoms with Crippen molar-refractivity contribution in [3.8, 4) is 5.88 Å². The highest BCUT2D eigenvalue weighted by Gasteiger charge is 1.71. The Balaban J connectivity index is 3.08. The summed E-state index contributed by atoms with van der Waals surface area (Å²) in [5, 5.41) is 14.0. The molecule has 0 aliphatic heterocycles. The van der Waals surface area contributed by atoms with Gasteiger partial charge in [-0.15, -0.1) is 0 Å². The van der Waals surface area contributed by atoms with Crippen molar-refractivity contribution in [2.75, 3.05) is 0 Å². The average Bonchev–Trinajstić information content (AvgIpc) is 1.79. The third-order valence-electron chi connectivity index (χ3n) is 0.856. The molecule has 1 rings (SSSR count). The summed E-state index contributed by atoms with van der Waals surface area (Å²) in [6.07, 6.45) is 1.68. The first-order chi connectivity index (χ1) is 4.39. The van der Waals surface area contributed by atoms with Crippen molar-refractivity contribution in [1.82, 2.24) is 10.2 Å². The standard InChI is InChI=1S/C6H8N2O/c9-6-4-2-1-3-5-7-8-6/h1-5,7-9H. The van der Waals surface area contributed by atoms with Crippen LogP contribution in [0.25, 0.3) is 0 Å². The molecule has 48 valence electrons. The fourth-order valence-electron chi connectivity index (χ4n) is 0.472. The molecule has 9 heavy (non-hydrogen) atoms. The molecule has 0 saturated heterocycles. The van der Waals surface area contributed by atoms with Gasteiger partial charge in [-0.1, -0.05) is 12.1 Å². The van der Waals surface area contributed by atoms with Crippen molar-refractivity contribution in [3.05, 3.63) is 30.5 Å². The Morgan fingerprint density at radius 2 is 2.11 bits per heavy atom. The van der Waals surface area contributed by atoms with Gasteiger partial charge in [-0.3, -0.25) is 5.10 Å². The molecule has 0 fully saturated rings. The summed E-state index contributed by atoms with van der Waals surface area (Å²) in [5.74, 6) is 0.107. The number of hydrogen-bond donors (Lipinski definition) is 3. The van der Waals surface area contributed by atoms with Gasteiger partial charge in [0.1, 0.15) is 0 Å². The molecule has 1 heterocycles. The van der Waals surface area contributed by atoms with Crippen LogP contribution in [0.1, 0.15) is 0 Å². The highest BCUT2D eigenvalue weighted by Crippen LogP contribution is 1.93. The van der Waals surface area contributed by atoms with Gasteiger partial charge in [-0.05, 0) is 12.1 Å². The maximum atomic E-state index is 8.82. The minimum Gasteiger partial charge on any atom is -0.494 e. The van der Waals surface area contributed by atoms with E-state index in [4.69, 9.17) is 5.11 Å². The van der Waals surface area contributed by atoms with Gasteiger partial charge in [0.2, 0.25) is 5.88 Å². The number of rotatable bonds is 0. The predicted molar refractivity (Wildman–Crippen MR) is 34.4 cm³/mol. The van der Waals surface area contributed by atoms with Gasteiger partial charge in [-0.25, -0.2) is 0 Å². The zero-order valence-corrected chi connectivity index (χ0v) is 4.83. The molecule has 0 aliphatic rings. The highest BCUT2D eigenvalue weighted by molar-refractivity contribution is 5.02. The summed E-state index contributed by atoms with van der Waals surface area (Å²) < 4.78 is 0. The van der Waals surface area contributed by atoms with E-state index in [1.165, 1.54) is 0 Å². The van der Waals surface area contributed by atoms with Crippen molar-refractivity contribution < 1.29 is 5.11 Å². The molecule has 0 aliphatic carbocycles. The number of aromatic amines is 2. The lowest BCUT2D eigenvalue weighted by Crippen LogP contribution is -1.72. The van der Waals surface area contributed by atoms with Crippen LogP contribution in [0.4, 0.5) is 0 Å². The van der Waals surface area contributed by atoms with Gasteiger partial charge in [0, 0.05) is 6.20 Å². The molecule has 3 heteroatoms. The SMILES string of the molecule is Oc1ccccc[nH][nH]1. The second-order valence-electron chi connectivity index (χ2n) is 1.57. The largest absolute Gasteiger partial charge is 0.494 e. The van der Waals surface area contributed by atoms with Crippen molar-refractivity contribution >= 4 is 0 Å². The van der Waals surface area contributed by atoms with Crippen molar-refractivity contribution in [2.45, 2.75) is 0 Å². The summed E-state index contributed by atoms with van der Waals surface area (Å²) in [4.78, 5) is 0. The van der Waals surface area contributed by atoms with Gasteiger partial charge in [0.25, 0.3) is 0 Å². The Kier molecular flexibility index (Phi) is 1.80. The molecule has 0 bridgehead atoms. The Labute approximate surface area is 52.7 Å². The monoisotopic (exact) mass is 124 g/mol. The van der Waals surface area contributed by atoms with E-state index in [1.807, 2.05) is 12.1 Å². The lowest BCUT2D eigenvalue weighted by Gasteiger charge is -1.84. The molecule has 0 atom stereocenters. The van der Waals surface area contributed by atoms with Gasteiger partial charge in [0.15, 0.2) is 0 Å². The summed E-state index contributed by atoms with van der Waals surface area (Å²) in [7, 11) is 0. The molecule has 3 N–H and O–H groups in total. The van der Waals surface area contributed by atoms with E-state index in [2.05, 4.69) is 10.2 Å². The van der Waals surface area contributed by atoms with Crippen LogP contribution in [0.15, 0.2) is 30.5 Å². The topological polar surface area (TPSA) is 51.8 Å². The molecule has 1 aromatic rings. The smallest absolute Gasteiger partial charge is 0.203 e. The van der Waals surface area contributed by atoms with Crippen LogP contribution in [0, 0.1) is 0 Å². The fraction of sp³-hybridized carbons (Fsp3) is 0. The lowest BCUT2D eigenvalue weighted by molar-refractivity contribution is 0.446. The number of aromatic nitrogens is 2. The summed E-state index contributed by atoms with van der Waals surface area (Å²) >= 11 is 0. The Morgan fingerprint density at radius 1 is 1.22 bits per heavy atom. The molecule has 0 spiro atoms. The van der Waals surface area contributed by atoms with Crippen LogP contribution in [0.2, 0.25) is 0 Å². The van der Waals surface area contributed by atoms with Gasteiger partial charge >= 0.3 is 0 Å². The maximum absolute atomic E-state index is 8.82. The van der Waals surface area contributed by atoms with E-state index in [9.17, 15) is 0 Å². The van der Waals surface area contributed by atoms with E-state index in [0.717, 1.165) is 0 Å². The lowest BCUT2D eigenvalue weighted by atomic mass is 10.5. The van der Waals surface area contributed by atoms with Gasteiger partial charge in [0.05, 0.1) is 0 Å². The quantitative estimate of drug-likeness (QED) is 0.477. The zero-order valence-electron chi connectivity index (χ0n) is 4.83.